The van der Waals surface area contributed by atoms with Crippen molar-refractivity contribution in [2.75, 3.05) is 33.0 Å². The molecule has 0 N–H and O–H groups in total. The van der Waals surface area contributed by atoms with E-state index in [-0.39, 0.29) is 6.61 Å². The molecule has 0 spiro atoms. The van der Waals surface area contributed by atoms with E-state index in [1.807, 2.05) is 6.92 Å². The Hall–Kier alpha value is 0.0169. The molecule has 0 heterocycles. The van der Waals surface area contributed by atoms with Gasteiger partial charge in [0.1, 0.15) is 6.61 Å². The summed E-state index contributed by atoms with van der Waals surface area (Å²) >= 11 is 0. The van der Waals surface area contributed by atoms with Crippen LogP contribution < -0.4 is 0 Å². The fourth-order valence-electron chi connectivity index (χ4n) is 1.67. The fourth-order valence-corrected chi connectivity index (χ4v) is 2.29. The molecule has 6 heteroatoms. The molecule has 0 aliphatic rings. The molecule has 0 rings (SSSR count). The van der Waals surface area contributed by atoms with Crippen molar-refractivity contribution in [3.63, 3.8) is 0 Å². The SMILES string of the molecule is CCCCOC(CO[SiH2]OCC)(OCCCC)OCCCC. The quantitative estimate of drug-likeness (QED) is 0.232. The third kappa shape index (κ3) is 11.6. The van der Waals surface area contributed by atoms with Crippen molar-refractivity contribution in [1.29, 1.82) is 0 Å². The van der Waals surface area contributed by atoms with E-state index in [4.69, 9.17) is 23.1 Å². The van der Waals surface area contributed by atoms with Crippen LogP contribution in [0.4, 0.5) is 0 Å². The second-order valence-corrected chi connectivity index (χ2v) is 6.30. The summed E-state index contributed by atoms with van der Waals surface area (Å²) in [6.45, 7) is 11.2. The van der Waals surface area contributed by atoms with Gasteiger partial charge in [-0.15, -0.1) is 0 Å². The van der Waals surface area contributed by atoms with Crippen LogP contribution in [0.15, 0.2) is 0 Å². The molecule has 0 radical (unpaired) electrons. The van der Waals surface area contributed by atoms with Crippen LogP contribution in [0.3, 0.4) is 0 Å². The molecule has 134 valence electrons. The molecule has 0 aromatic rings. The zero-order chi connectivity index (χ0) is 16.5. The maximum absolute atomic E-state index is 5.94. The van der Waals surface area contributed by atoms with E-state index < -0.39 is 16.0 Å². The highest BCUT2D eigenvalue weighted by Crippen LogP contribution is 2.19. The molecule has 0 aliphatic carbocycles. The molecule has 22 heavy (non-hydrogen) atoms. The van der Waals surface area contributed by atoms with Crippen molar-refractivity contribution in [2.45, 2.75) is 72.2 Å². The van der Waals surface area contributed by atoms with Gasteiger partial charge >= 0.3 is 16.0 Å². The van der Waals surface area contributed by atoms with Crippen molar-refractivity contribution in [2.24, 2.45) is 0 Å². The maximum Gasteiger partial charge on any atom is 0.306 e. The number of rotatable bonds is 17. The Kier molecular flexibility index (Phi) is 15.9. The van der Waals surface area contributed by atoms with Crippen LogP contribution in [-0.4, -0.2) is 49.0 Å². The second-order valence-electron chi connectivity index (χ2n) is 5.25. The van der Waals surface area contributed by atoms with Crippen LogP contribution in [0, 0.1) is 0 Å². The van der Waals surface area contributed by atoms with E-state index in [2.05, 4.69) is 20.8 Å². The lowest BCUT2D eigenvalue weighted by molar-refractivity contribution is -0.389. The monoisotopic (exact) mass is 336 g/mol. The zero-order valence-electron chi connectivity index (χ0n) is 15.0. The Morgan fingerprint density at radius 2 is 1.14 bits per heavy atom. The molecule has 5 nitrogen and oxygen atoms in total. The minimum absolute atomic E-state index is 0.288. The number of hydrogen-bond acceptors (Lipinski definition) is 5. The molecule has 0 aliphatic heterocycles. The summed E-state index contributed by atoms with van der Waals surface area (Å²) in [7, 11) is -0.994. The first kappa shape index (κ1) is 22.0. The number of hydrogen-bond donors (Lipinski definition) is 0. The minimum Gasteiger partial charge on any atom is -0.399 e. The third-order valence-electron chi connectivity index (χ3n) is 3.11. The van der Waals surface area contributed by atoms with Gasteiger partial charge in [0.05, 0.1) is 19.8 Å². The topological polar surface area (TPSA) is 46.2 Å². The third-order valence-corrected chi connectivity index (χ3v) is 4.05. The first-order valence-electron chi connectivity index (χ1n) is 8.82. The fraction of sp³-hybridized carbons (Fsp3) is 1.00. The van der Waals surface area contributed by atoms with Crippen LogP contribution in [0.2, 0.25) is 0 Å². The molecule has 0 saturated carbocycles. The van der Waals surface area contributed by atoms with Gasteiger partial charge < -0.3 is 23.1 Å². The van der Waals surface area contributed by atoms with E-state index >= 15 is 0 Å². The van der Waals surface area contributed by atoms with Crippen molar-refractivity contribution in [1.82, 2.24) is 0 Å². The molecule has 0 aromatic heterocycles. The van der Waals surface area contributed by atoms with Gasteiger partial charge in [0.2, 0.25) is 0 Å². The predicted molar refractivity (Wildman–Crippen MR) is 91.4 cm³/mol. The molecule has 0 fully saturated rings. The summed E-state index contributed by atoms with van der Waals surface area (Å²) in [5, 5.41) is 0. The first-order chi connectivity index (χ1) is 10.7. The van der Waals surface area contributed by atoms with Crippen LogP contribution in [0.5, 0.6) is 0 Å². The Bertz CT molecular complexity index is 202. The molecule has 0 unspecified atom stereocenters. The largest absolute Gasteiger partial charge is 0.399 e. The van der Waals surface area contributed by atoms with Gasteiger partial charge in [-0.1, -0.05) is 40.0 Å². The average molecular weight is 337 g/mol. The summed E-state index contributed by atoms with van der Waals surface area (Å²) in [4.78, 5) is 0. The molecule has 0 bridgehead atoms. The smallest absolute Gasteiger partial charge is 0.306 e. The van der Waals surface area contributed by atoms with Gasteiger partial charge in [-0.3, -0.25) is 0 Å². The van der Waals surface area contributed by atoms with Gasteiger partial charge in [-0.25, -0.2) is 0 Å². The maximum atomic E-state index is 5.94. The van der Waals surface area contributed by atoms with Crippen LogP contribution in [0.25, 0.3) is 0 Å². The van der Waals surface area contributed by atoms with Gasteiger partial charge in [-0.05, 0) is 26.2 Å². The highest BCUT2D eigenvalue weighted by Gasteiger charge is 2.34. The van der Waals surface area contributed by atoms with Crippen molar-refractivity contribution < 1.29 is 23.1 Å². The van der Waals surface area contributed by atoms with Gasteiger partial charge in [0.15, 0.2) is 0 Å². The molecule has 0 saturated heterocycles. The van der Waals surface area contributed by atoms with Gasteiger partial charge in [0, 0.05) is 6.61 Å². The van der Waals surface area contributed by atoms with Gasteiger partial charge in [-0.2, -0.15) is 0 Å². The molecular formula is C16H36O5Si. The lowest BCUT2D eigenvalue weighted by Crippen LogP contribution is -2.45. The average Bonchev–Trinajstić information content (AvgIpc) is 2.52. The number of unbranched alkanes of at least 4 members (excludes halogenated alkanes) is 3. The van der Waals surface area contributed by atoms with Crippen LogP contribution >= 0.6 is 0 Å². The van der Waals surface area contributed by atoms with Crippen LogP contribution in [0.1, 0.15) is 66.2 Å². The lowest BCUT2D eigenvalue weighted by atomic mass is 10.3. The summed E-state index contributed by atoms with van der Waals surface area (Å²) in [5.41, 5.74) is 0. The summed E-state index contributed by atoms with van der Waals surface area (Å²) in [5.74, 6) is -1.07. The first-order valence-corrected chi connectivity index (χ1v) is 9.97. The lowest BCUT2D eigenvalue weighted by Gasteiger charge is -2.33. The van der Waals surface area contributed by atoms with Crippen molar-refractivity contribution in [3.8, 4) is 0 Å². The van der Waals surface area contributed by atoms with E-state index in [0.29, 0.717) is 26.4 Å². The Morgan fingerprint density at radius 1 is 0.682 bits per heavy atom. The minimum atomic E-state index is -1.07. The molecular weight excluding hydrogens is 300 g/mol. The standard InChI is InChI=1S/C16H36O5Si/c1-5-9-12-17-16(18-13-10-6-2,19-14-11-7-3)15-21-22-20-8-4/h5-15,22H2,1-4H3. The van der Waals surface area contributed by atoms with E-state index in [9.17, 15) is 0 Å². The van der Waals surface area contributed by atoms with Crippen molar-refractivity contribution in [3.05, 3.63) is 0 Å². The predicted octanol–water partition coefficient (Wildman–Crippen LogP) is 3.14. The summed E-state index contributed by atoms with van der Waals surface area (Å²) in [6, 6.07) is 0. The van der Waals surface area contributed by atoms with E-state index in [0.717, 1.165) is 38.5 Å². The molecule has 0 aromatic carbocycles. The summed E-state index contributed by atoms with van der Waals surface area (Å²) in [6.07, 6.45) is 6.19. The Balaban J connectivity index is 4.53. The normalized spacial score (nSPS) is 12.5. The van der Waals surface area contributed by atoms with E-state index in [1.165, 1.54) is 0 Å². The Morgan fingerprint density at radius 3 is 1.50 bits per heavy atom. The van der Waals surface area contributed by atoms with Gasteiger partial charge in [0.25, 0.3) is 0 Å². The summed E-state index contributed by atoms with van der Waals surface area (Å²) < 4.78 is 28.9. The van der Waals surface area contributed by atoms with Crippen molar-refractivity contribution >= 4 is 10.0 Å². The molecule has 0 amide bonds. The highest BCUT2D eigenvalue weighted by atomic mass is 28.3. The van der Waals surface area contributed by atoms with E-state index in [1.54, 1.807) is 0 Å². The number of ether oxygens (including phenoxy) is 3. The zero-order valence-corrected chi connectivity index (χ0v) is 16.4. The van der Waals surface area contributed by atoms with Crippen LogP contribution in [-0.2, 0) is 23.1 Å². The molecule has 0 atom stereocenters. The second kappa shape index (κ2) is 15.9. The highest BCUT2D eigenvalue weighted by molar-refractivity contribution is 6.17. The Labute approximate surface area is 139 Å².